The highest BCUT2D eigenvalue weighted by Crippen LogP contribution is 2.58. The van der Waals surface area contributed by atoms with Crippen molar-refractivity contribution < 1.29 is 14.7 Å². The maximum atomic E-state index is 12.2. The molecule has 0 spiro atoms. The molecular formula is C15H15N3O3. The van der Waals surface area contributed by atoms with E-state index in [2.05, 4.69) is 15.3 Å². The number of carbonyl (C=O) groups is 2. The lowest BCUT2D eigenvalue weighted by atomic mass is 10.1. The van der Waals surface area contributed by atoms with Crippen molar-refractivity contribution in [3.63, 3.8) is 0 Å². The predicted octanol–water partition coefficient (Wildman–Crippen LogP) is 1.93. The molecule has 1 aromatic carbocycles. The van der Waals surface area contributed by atoms with E-state index in [1.165, 1.54) is 0 Å². The minimum absolute atomic E-state index is 0.268. The van der Waals surface area contributed by atoms with Crippen molar-refractivity contribution in [3.8, 4) is 0 Å². The minimum Gasteiger partial charge on any atom is -0.481 e. The van der Waals surface area contributed by atoms with Crippen molar-refractivity contribution in [1.29, 1.82) is 0 Å². The smallest absolute Gasteiger partial charge is 0.307 e. The largest absolute Gasteiger partial charge is 0.481 e. The first-order chi connectivity index (χ1) is 9.91. The molecule has 6 heteroatoms. The maximum Gasteiger partial charge on any atom is 0.307 e. The van der Waals surface area contributed by atoms with Gasteiger partial charge in [0.25, 0.3) is 0 Å². The standard InChI is InChI=1S/C15H15N3O3/c1-15(2)11(12(15)14(20)21)13(19)18-8-3-4-9-10(7-8)17-6-5-16-9/h3-7,11-12H,1-2H3,(H,18,19)(H,20,21)/t11-,12-/m1/s1. The van der Waals surface area contributed by atoms with E-state index < -0.39 is 23.2 Å². The molecule has 1 aliphatic rings. The number of amides is 1. The zero-order valence-electron chi connectivity index (χ0n) is 11.7. The van der Waals surface area contributed by atoms with Crippen LogP contribution in [0.3, 0.4) is 0 Å². The third-order valence-corrected chi connectivity index (χ3v) is 4.11. The lowest BCUT2D eigenvalue weighted by Gasteiger charge is -2.06. The lowest BCUT2D eigenvalue weighted by Crippen LogP contribution is -2.17. The van der Waals surface area contributed by atoms with Gasteiger partial charge in [0.1, 0.15) is 0 Å². The Hall–Kier alpha value is -2.50. The van der Waals surface area contributed by atoms with Crippen LogP contribution in [0.1, 0.15) is 13.8 Å². The molecule has 1 aromatic heterocycles. The molecule has 3 rings (SSSR count). The summed E-state index contributed by atoms with van der Waals surface area (Å²) >= 11 is 0. The molecule has 6 nitrogen and oxygen atoms in total. The summed E-state index contributed by atoms with van der Waals surface area (Å²) in [5.74, 6) is -2.33. The Morgan fingerprint density at radius 1 is 1.14 bits per heavy atom. The van der Waals surface area contributed by atoms with Crippen LogP contribution in [0.15, 0.2) is 30.6 Å². The summed E-state index contributed by atoms with van der Waals surface area (Å²) < 4.78 is 0. The van der Waals surface area contributed by atoms with Gasteiger partial charge in [-0.15, -0.1) is 0 Å². The van der Waals surface area contributed by atoms with Gasteiger partial charge in [0.2, 0.25) is 5.91 Å². The van der Waals surface area contributed by atoms with Gasteiger partial charge >= 0.3 is 5.97 Å². The fourth-order valence-corrected chi connectivity index (χ4v) is 2.85. The number of nitrogens with one attached hydrogen (secondary N) is 1. The zero-order chi connectivity index (χ0) is 15.2. The third-order valence-electron chi connectivity index (χ3n) is 4.11. The number of nitrogens with zero attached hydrogens (tertiary/aromatic N) is 2. The number of carbonyl (C=O) groups excluding carboxylic acids is 1. The molecule has 0 saturated heterocycles. The van der Waals surface area contributed by atoms with Crippen LogP contribution in [0.2, 0.25) is 0 Å². The van der Waals surface area contributed by atoms with Crippen LogP contribution < -0.4 is 5.32 Å². The molecule has 1 amide bonds. The SMILES string of the molecule is CC1(C)[C@@H](C(=O)O)[C@@H]1C(=O)Nc1ccc2nccnc2c1. The van der Waals surface area contributed by atoms with E-state index in [-0.39, 0.29) is 5.91 Å². The summed E-state index contributed by atoms with van der Waals surface area (Å²) in [4.78, 5) is 31.7. The van der Waals surface area contributed by atoms with E-state index in [1.807, 2.05) is 0 Å². The number of anilines is 1. The van der Waals surface area contributed by atoms with Gasteiger partial charge in [0.05, 0.1) is 22.9 Å². The van der Waals surface area contributed by atoms with Crippen molar-refractivity contribution >= 4 is 28.6 Å². The third kappa shape index (κ3) is 2.22. The number of hydrogen-bond donors (Lipinski definition) is 2. The molecule has 0 unspecified atom stereocenters. The molecule has 2 aromatic rings. The van der Waals surface area contributed by atoms with Crippen LogP contribution in [0, 0.1) is 17.3 Å². The number of benzene rings is 1. The molecule has 0 aliphatic heterocycles. The highest BCUT2D eigenvalue weighted by Gasteiger charge is 2.65. The first-order valence-electron chi connectivity index (χ1n) is 6.65. The molecule has 108 valence electrons. The van der Waals surface area contributed by atoms with Gasteiger partial charge in [-0.1, -0.05) is 13.8 Å². The molecular weight excluding hydrogens is 270 g/mol. The van der Waals surface area contributed by atoms with Crippen LogP contribution in [-0.4, -0.2) is 27.0 Å². The highest BCUT2D eigenvalue weighted by atomic mass is 16.4. The van der Waals surface area contributed by atoms with Crippen molar-refractivity contribution in [2.75, 3.05) is 5.32 Å². The zero-order valence-corrected chi connectivity index (χ0v) is 11.7. The van der Waals surface area contributed by atoms with Gasteiger partial charge in [0.15, 0.2) is 0 Å². The maximum absolute atomic E-state index is 12.2. The van der Waals surface area contributed by atoms with E-state index >= 15 is 0 Å². The summed E-state index contributed by atoms with van der Waals surface area (Å²) in [5, 5.41) is 11.9. The monoisotopic (exact) mass is 285 g/mol. The Morgan fingerprint density at radius 2 is 1.81 bits per heavy atom. The van der Waals surface area contributed by atoms with E-state index in [1.54, 1.807) is 44.4 Å². The first-order valence-corrected chi connectivity index (χ1v) is 6.65. The molecule has 1 saturated carbocycles. The number of aromatic nitrogens is 2. The normalized spacial score (nSPS) is 22.8. The number of carboxylic acids is 1. The number of hydrogen-bond acceptors (Lipinski definition) is 4. The topological polar surface area (TPSA) is 92.2 Å². The number of aliphatic carboxylic acids is 1. The van der Waals surface area contributed by atoms with Crippen LogP contribution in [-0.2, 0) is 9.59 Å². The second-order valence-electron chi connectivity index (χ2n) is 5.86. The quantitative estimate of drug-likeness (QED) is 0.899. The molecule has 2 atom stereocenters. The molecule has 0 bridgehead atoms. The van der Waals surface area contributed by atoms with Crippen molar-refractivity contribution in [3.05, 3.63) is 30.6 Å². The van der Waals surface area contributed by atoms with Crippen molar-refractivity contribution in [1.82, 2.24) is 9.97 Å². The summed E-state index contributed by atoms with van der Waals surface area (Å²) in [7, 11) is 0. The second kappa shape index (κ2) is 4.51. The molecule has 2 N–H and O–H groups in total. The average molecular weight is 285 g/mol. The Labute approximate surface area is 121 Å². The average Bonchev–Trinajstić information content (AvgIpc) is 3.02. The van der Waals surface area contributed by atoms with Gasteiger partial charge in [-0.3, -0.25) is 19.6 Å². The first kappa shape index (κ1) is 13.5. The fraction of sp³-hybridized carbons (Fsp3) is 0.333. The second-order valence-corrected chi connectivity index (χ2v) is 5.86. The Balaban J connectivity index is 1.80. The van der Waals surface area contributed by atoms with Gasteiger partial charge in [-0.05, 0) is 23.6 Å². The minimum atomic E-state index is -0.926. The van der Waals surface area contributed by atoms with Gasteiger partial charge < -0.3 is 10.4 Å². The van der Waals surface area contributed by atoms with Gasteiger partial charge in [0, 0.05) is 18.1 Å². The Bertz CT molecular complexity index is 742. The van der Waals surface area contributed by atoms with Crippen molar-refractivity contribution in [2.45, 2.75) is 13.8 Å². The molecule has 1 aliphatic carbocycles. The number of rotatable bonds is 3. The van der Waals surface area contributed by atoms with Crippen LogP contribution in [0.4, 0.5) is 5.69 Å². The molecule has 0 radical (unpaired) electrons. The molecule has 1 fully saturated rings. The van der Waals surface area contributed by atoms with E-state index in [0.29, 0.717) is 11.2 Å². The van der Waals surface area contributed by atoms with Gasteiger partial charge in [-0.25, -0.2) is 0 Å². The lowest BCUT2D eigenvalue weighted by molar-refractivity contribution is -0.140. The fourth-order valence-electron chi connectivity index (χ4n) is 2.85. The molecule has 21 heavy (non-hydrogen) atoms. The van der Waals surface area contributed by atoms with Crippen LogP contribution in [0.25, 0.3) is 11.0 Å². The number of fused-ring (bicyclic) bond motifs is 1. The Kier molecular flexibility index (Phi) is 2.90. The van der Waals surface area contributed by atoms with Crippen molar-refractivity contribution in [2.24, 2.45) is 17.3 Å². The van der Waals surface area contributed by atoms with Crippen LogP contribution >= 0.6 is 0 Å². The number of carboxylic acid groups (broad SMARTS) is 1. The van der Waals surface area contributed by atoms with Crippen LogP contribution in [0.5, 0.6) is 0 Å². The van der Waals surface area contributed by atoms with Gasteiger partial charge in [-0.2, -0.15) is 0 Å². The Morgan fingerprint density at radius 3 is 2.43 bits per heavy atom. The molecule has 1 heterocycles. The predicted molar refractivity (Wildman–Crippen MR) is 76.6 cm³/mol. The summed E-state index contributed by atoms with van der Waals surface area (Å²) in [6.45, 7) is 3.59. The summed E-state index contributed by atoms with van der Waals surface area (Å²) in [6, 6.07) is 5.23. The van der Waals surface area contributed by atoms with E-state index in [4.69, 9.17) is 5.11 Å². The summed E-state index contributed by atoms with van der Waals surface area (Å²) in [5.41, 5.74) is 1.51. The van der Waals surface area contributed by atoms with E-state index in [9.17, 15) is 9.59 Å². The highest BCUT2D eigenvalue weighted by molar-refractivity contribution is 6.00. The van der Waals surface area contributed by atoms with E-state index in [0.717, 1.165) is 5.52 Å². The summed E-state index contributed by atoms with van der Waals surface area (Å²) in [6.07, 6.45) is 3.18.